The Balaban J connectivity index is 1.57. The fourth-order valence-electron chi connectivity index (χ4n) is 3.35. The van der Waals surface area contributed by atoms with Crippen LogP contribution in [-0.2, 0) is 20.0 Å². The first-order chi connectivity index (χ1) is 12.4. The summed E-state index contributed by atoms with van der Waals surface area (Å²) in [4.78, 5) is 28.4. The van der Waals surface area contributed by atoms with Crippen LogP contribution in [0.25, 0.3) is 10.6 Å². The van der Waals surface area contributed by atoms with Crippen LogP contribution < -0.4 is 5.73 Å². The first kappa shape index (κ1) is 16.6. The molecule has 7 nitrogen and oxygen atoms in total. The van der Waals surface area contributed by atoms with Gasteiger partial charge in [0.2, 0.25) is 0 Å². The Morgan fingerprint density at radius 3 is 2.81 bits per heavy atom. The number of nitrogens with zero attached hydrogens (tertiary/aromatic N) is 3. The Kier molecular flexibility index (Phi) is 3.91. The lowest BCUT2D eigenvalue weighted by Crippen LogP contribution is -2.36. The van der Waals surface area contributed by atoms with E-state index in [4.69, 9.17) is 5.73 Å². The summed E-state index contributed by atoms with van der Waals surface area (Å²) in [6.07, 6.45) is 0.698. The van der Waals surface area contributed by atoms with Crippen molar-refractivity contribution in [2.45, 2.75) is 19.9 Å². The first-order valence-electron chi connectivity index (χ1n) is 8.33. The van der Waals surface area contributed by atoms with Crippen LogP contribution in [0, 0.1) is 6.92 Å². The van der Waals surface area contributed by atoms with E-state index < -0.39 is 5.91 Å². The van der Waals surface area contributed by atoms with Crippen LogP contribution in [0.3, 0.4) is 0 Å². The largest absolute Gasteiger partial charge is 0.364 e. The van der Waals surface area contributed by atoms with E-state index in [9.17, 15) is 9.59 Å². The second kappa shape index (κ2) is 6.14. The van der Waals surface area contributed by atoms with Gasteiger partial charge in [-0.15, -0.1) is 11.3 Å². The summed E-state index contributed by atoms with van der Waals surface area (Å²) in [5.74, 6) is -0.573. The number of primary amides is 1. The third kappa shape index (κ3) is 2.72. The number of fused-ring (bicyclic) bond motifs is 1. The summed E-state index contributed by atoms with van der Waals surface area (Å²) >= 11 is 1.66. The van der Waals surface area contributed by atoms with Gasteiger partial charge in [-0.3, -0.25) is 14.7 Å². The van der Waals surface area contributed by atoms with E-state index in [0.717, 1.165) is 21.8 Å². The number of nitrogens with two attached hydrogens (primary N) is 1. The highest BCUT2D eigenvalue weighted by Crippen LogP contribution is 2.28. The van der Waals surface area contributed by atoms with Crippen LogP contribution in [0.5, 0.6) is 0 Å². The molecule has 0 fully saturated rings. The fraction of sp³-hybridized carbons (Fsp3) is 0.278. The minimum Gasteiger partial charge on any atom is -0.364 e. The molecule has 0 atom stereocenters. The molecule has 0 aromatic carbocycles. The third-order valence-electron chi connectivity index (χ3n) is 4.78. The van der Waals surface area contributed by atoms with Crippen LogP contribution in [0.1, 0.15) is 37.1 Å². The van der Waals surface area contributed by atoms with E-state index in [2.05, 4.69) is 10.2 Å². The lowest BCUT2D eigenvalue weighted by Gasteiger charge is -2.27. The van der Waals surface area contributed by atoms with Crippen molar-refractivity contribution >= 4 is 23.2 Å². The smallest absolute Gasteiger partial charge is 0.274 e. The molecule has 3 aromatic rings. The predicted octanol–water partition coefficient (Wildman–Crippen LogP) is 2.08. The number of thiophene rings is 1. The lowest BCUT2D eigenvalue weighted by atomic mass is 10.1. The van der Waals surface area contributed by atoms with Crippen molar-refractivity contribution in [3.8, 4) is 10.6 Å². The van der Waals surface area contributed by atoms with Crippen molar-refractivity contribution in [1.29, 1.82) is 0 Å². The van der Waals surface area contributed by atoms with Gasteiger partial charge in [-0.25, -0.2) is 0 Å². The quantitative estimate of drug-likeness (QED) is 0.740. The van der Waals surface area contributed by atoms with Crippen molar-refractivity contribution in [1.82, 2.24) is 19.7 Å². The maximum Gasteiger partial charge on any atom is 0.274 e. The molecule has 4 heterocycles. The standard InChI is InChI=1S/C18H19N5O2S/c1-10-3-4-16(26-10)12-8-13(21-20-12)18(25)23-6-5-11-7-14(17(19)24)22(2)15(11)9-23/h3-4,7-8H,5-6,9H2,1-2H3,(H2,19,24)(H,20,21). The van der Waals surface area contributed by atoms with E-state index >= 15 is 0 Å². The van der Waals surface area contributed by atoms with Crippen molar-refractivity contribution in [2.24, 2.45) is 12.8 Å². The Morgan fingerprint density at radius 2 is 2.12 bits per heavy atom. The predicted molar refractivity (Wildman–Crippen MR) is 99.0 cm³/mol. The van der Waals surface area contributed by atoms with Crippen molar-refractivity contribution in [3.63, 3.8) is 0 Å². The molecule has 0 aliphatic carbocycles. The summed E-state index contributed by atoms with van der Waals surface area (Å²) in [5.41, 5.74) is 9.16. The molecule has 1 aliphatic heterocycles. The molecular formula is C18H19N5O2S. The number of amides is 2. The first-order valence-corrected chi connectivity index (χ1v) is 9.14. The van der Waals surface area contributed by atoms with Gasteiger partial charge in [-0.1, -0.05) is 0 Å². The van der Waals surface area contributed by atoms with Crippen LogP contribution in [0.15, 0.2) is 24.3 Å². The summed E-state index contributed by atoms with van der Waals surface area (Å²) in [6, 6.07) is 7.68. The van der Waals surface area contributed by atoms with Crippen LogP contribution in [0.4, 0.5) is 0 Å². The molecule has 8 heteroatoms. The molecule has 3 N–H and O–H groups in total. The number of rotatable bonds is 3. The van der Waals surface area contributed by atoms with Gasteiger partial charge < -0.3 is 15.2 Å². The zero-order chi connectivity index (χ0) is 18.4. The fourth-order valence-corrected chi connectivity index (χ4v) is 4.19. The molecule has 3 aromatic heterocycles. The third-order valence-corrected chi connectivity index (χ3v) is 5.82. The summed E-state index contributed by atoms with van der Waals surface area (Å²) < 4.78 is 1.78. The van der Waals surface area contributed by atoms with Crippen LogP contribution in [-0.4, -0.2) is 38.0 Å². The van der Waals surface area contributed by atoms with Gasteiger partial charge in [-0.2, -0.15) is 5.10 Å². The molecule has 0 radical (unpaired) electrons. The van der Waals surface area contributed by atoms with E-state index in [0.29, 0.717) is 30.9 Å². The molecule has 0 saturated heterocycles. The van der Waals surface area contributed by atoms with Gasteiger partial charge in [0, 0.05) is 24.2 Å². The lowest BCUT2D eigenvalue weighted by molar-refractivity contribution is 0.0725. The van der Waals surface area contributed by atoms with Gasteiger partial charge in [0.25, 0.3) is 11.8 Å². The van der Waals surface area contributed by atoms with Crippen LogP contribution >= 0.6 is 11.3 Å². The molecular weight excluding hydrogens is 350 g/mol. The number of carbonyl (C=O) groups excluding carboxylic acids is 2. The number of hydrogen-bond donors (Lipinski definition) is 2. The number of hydrogen-bond acceptors (Lipinski definition) is 4. The van der Waals surface area contributed by atoms with E-state index in [1.54, 1.807) is 33.9 Å². The zero-order valence-electron chi connectivity index (χ0n) is 14.6. The van der Waals surface area contributed by atoms with Gasteiger partial charge in [-0.05, 0) is 43.2 Å². The molecule has 2 amide bonds. The average molecular weight is 369 g/mol. The maximum absolute atomic E-state index is 12.9. The molecule has 4 rings (SSSR count). The second-order valence-corrected chi connectivity index (χ2v) is 7.77. The number of carbonyl (C=O) groups is 2. The number of aromatic amines is 1. The van der Waals surface area contributed by atoms with Gasteiger partial charge in [0.1, 0.15) is 5.69 Å². The summed E-state index contributed by atoms with van der Waals surface area (Å²) in [5, 5.41) is 7.15. The maximum atomic E-state index is 12.9. The molecule has 0 unspecified atom stereocenters. The minimum atomic E-state index is -0.456. The van der Waals surface area contributed by atoms with E-state index in [-0.39, 0.29) is 5.91 Å². The van der Waals surface area contributed by atoms with Gasteiger partial charge in [0.05, 0.1) is 17.1 Å². The normalized spacial score (nSPS) is 13.7. The van der Waals surface area contributed by atoms with Gasteiger partial charge >= 0.3 is 0 Å². The Bertz CT molecular complexity index is 1010. The Hall–Kier alpha value is -2.87. The van der Waals surface area contributed by atoms with E-state index in [1.165, 1.54) is 4.88 Å². The van der Waals surface area contributed by atoms with Crippen molar-refractivity contribution in [3.05, 3.63) is 51.8 Å². The summed E-state index contributed by atoms with van der Waals surface area (Å²) in [6.45, 7) is 3.08. The molecule has 0 spiro atoms. The molecule has 1 aliphatic rings. The second-order valence-electron chi connectivity index (χ2n) is 6.48. The zero-order valence-corrected chi connectivity index (χ0v) is 15.4. The number of aromatic nitrogens is 3. The highest BCUT2D eigenvalue weighted by atomic mass is 32.1. The number of nitrogens with one attached hydrogen (secondary N) is 1. The highest BCUT2D eigenvalue weighted by molar-refractivity contribution is 7.15. The SMILES string of the molecule is Cc1ccc(-c2cc(C(=O)N3CCc4cc(C(N)=O)n(C)c4C3)n[nH]2)s1. The van der Waals surface area contributed by atoms with Crippen LogP contribution in [0.2, 0.25) is 0 Å². The van der Waals surface area contributed by atoms with Gasteiger partial charge in [0.15, 0.2) is 5.69 Å². The van der Waals surface area contributed by atoms with E-state index in [1.807, 2.05) is 25.1 Å². The molecule has 26 heavy (non-hydrogen) atoms. The molecule has 0 bridgehead atoms. The highest BCUT2D eigenvalue weighted by Gasteiger charge is 2.27. The monoisotopic (exact) mass is 369 g/mol. The summed E-state index contributed by atoms with van der Waals surface area (Å²) in [7, 11) is 1.80. The Labute approximate surface area is 154 Å². The number of aryl methyl sites for hydroxylation is 1. The molecule has 134 valence electrons. The molecule has 0 saturated carbocycles. The minimum absolute atomic E-state index is 0.117. The Morgan fingerprint density at radius 1 is 1.31 bits per heavy atom. The van der Waals surface area contributed by atoms with Crippen molar-refractivity contribution in [2.75, 3.05) is 6.54 Å². The average Bonchev–Trinajstić information content (AvgIpc) is 3.33. The topological polar surface area (TPSA) is 97.0 Å². The van der Waals surface area contributed by atoms with Crippen molar-refractivity contribution < 1.29 is 9.59 Å². The number of H-pyrrole nitrogens is 1.